The summed E-state index contributed by atoms with van der Waals surface area (Å²) in [7, 11) is 2.29. The number of carbonyl (C=O) groups is 1. The molecule has 0 fully saturated rings. The van der Waals surface area contributed by atoms with Gasteiger partial charge in [-0.2, -0.15) is 0 Å². The molecule has 0 aromatic carbocycles. The molecular formula is C4H8O3S2. The van der Waals surface area contributed by atoms with Crippen molar-refractivity contribution in [1.82, 2.24) is 0 Å². The van der Waals surface area contributed by atoms with Gasteiger partial charge in [0, 0.05) is 0 Å². The lowest BCUT2D eigenvalue weighted by Gasteiger charge is -1.98. The Bertz CT molecular complexity index is 93.8. The van der Waals surface area contributed by atoms with Crippen molar-refractivity contribution >= 4 is 27.6 Å². The molecule has 0 rings (SSSR count). The van der Waals surface area contributed by atoms with Crippen LogP contribution >= 0.6 is 21.6 Å². The van der Waals surface area contributed by atoms with E-state index in [2.05, 4.69) is 0 Å². The zero-order valence-electron chi connectivity index (χ0n) is 4.90. The van der Waals surface area contributed by atoms with Gasteiger partial charge < -0.3 is 10.2 Å². The fraction of sp³-hybridized carbons (Fsp3) is 0.750. The molecule has 0 aromatic rings. The first-order valence-electron chi connectivity index (χ1n) is 2.31. The molecule has 5 heteroatoms. The first kappa shape index (κ1) is 9.13. The Labute approximate surface area is 61.2 Å². The van der Waals surface area contributed by atoms with E-state index in [1.165, 1.54) is 0 Å². The van der Waals surface area contributed by atoms with Crippen molar-refractivity contribution in [3.63, 3.8) is 0 Å². The van der Waals surface area contributed by atoms with Gasteiger partial charge in [-0.3, -0.25) is 4.79 Å². The number of carboxylic acids is 1. The predicted octanol–water partition coefficient (Wildman–Crippen LogP) is 0.791. The number of carboxylic acid groups (broad SMARTS) is 1. The lowest BCUT2D eigenvalue weighted by atomic mass is 10.8. The number of aliphatic hydroxyl groups excluding tert-OH is 1. The van der Waals surface area contributed by atoms with Crippen LogP contribution in [0.1, 0.15) is 6.92 Å². The summed E-state index contributed by atoms with van der Waals surface area (Å²) in [5.41, 5.74) is -0.491. The zero-order valence-corrected chi connectivity index (χ0v) is 6.54. The lowest BCUT2D eigenvalue weighted by Crippen LogP contribution is -1.97. The van der Waals surface area contributed by atoms with Crippen molar-refractivity contribution in [3.8, 4) is 0 Å². The molecule has 0 spiro atoms. The molecule has 9 heavy (non-hydrogen) atoms. The van der Waals surface area contributed by atoms with Crippen molar-refractivity contribution in [2.24, 2.45) is 0 Å². The van der Waals surface area contributed by atoms with Gasteiger partial charge >= 0.3 is 5.97 Å². The minimum Gasteiger partial charge on any atom is -0.481 e. The maximum Gasteiger partial charge on any atom is 0.314 e. The second kappa shape index (κ2) is 4.96. The fourth-order valence-electron chi connectivity index (χ4n) is 0.183. The van der Waals surface area contributed by atoms with Crippen molar-refractivity contribution in [3.05, 3.63) is 0 Å². The van der Waals surface area contributed by atoms with Crippen LogP contribution in [-0.4, -0.2) is 27.4 Å². The average molecular weight is 168 g/mol. The van der Waals surface area contributed by atoms with Gasteiger partial charge in [0.05, 0.1) is 0 Å². The number of hydrogen-bond acceptors (Lipinski definition) is 4. The first-order chi connectivity index (χ1) is 4.13. The molecule has 1 unspecified atom stereocenters. The predicted molar refractivity (Wildman–Crippen MR) is 39.4 cm³/mol. The highest BCUT2D eigenvalue weighted by atomic mass is 33.1. The largest absolute Gasteiger partial charge is 0.481 e. The van der Waals surface area contributed by atoms with Crippen LogP contribution in [0.4, 0.5) is 0 Å². The fourth-order valence-corrected chi connectivity index (χ4v) is 1.65. The van der Waals surface area contributed by atoms with Crippen LogP contribution in [0.15, 0.2) is 0 Å². The zero-order chi connectivity index (χ0) is 7.28. The molecule has 0 saturated carbocycles. The molecule has 0 radical (unpaired) electrons. The molecule has 0 amide bonds. The van der Waals surface area contributed by atoms with Gasteiger partial charge in [-0.05, 0) is 6.92 Å². The van der Waals surface area contributed by atoms with Gasteiger partial charge in [0.2, 0.25) is 0 Å². The Morgan fingerprint density at radius 2 is 2.33 bits per heavy atom. The molecule has 0 aliphatic heterocycles. The number of rotatable bonds is 4. The Balaban J connectivity index is 3.01. The smallest absolute Gasteiger partial charge is 0.314 e. The third-order valence-corrected chi connectivity index (χ3v) is 2.77. The highest BCUT2D eigenvalue weighted by Crippen LogP contribution is 2.24. The van der Waals surface area contributed by atoms with Crippen molar-refractivity contribution in [2.45, 2.75) is 12.4 Å². The van der Waals surface area contributed by atoms with E-state index in [0.717, 1.165) is 21.6 Å². The van der Waals surface area contributed by atoms with Gasteiger partial charge in [0.1, 0.15) is 11.2 Å². The molecule has 2 N–H and O–H groups in total. The summed E-state index contributed by atoms with van der Waals surface area (Å²) in [5.74, 6) is -0.816. The topological polar surface area (TPSA) is 57.5 Å². The van der Waals surface area contributed by atoms with Crippen LogP contribution in [0.25, 0.3) is 0 Å². The molecule has 54 valence electrons. The first-order valence-corrected chi connectivity index (χ1v) is 4.69. The molecule has 0 aliphatic carbocycles. The molecule has 0 saturated heterocycles. The summed E-state index contributed by atoms with van der Waals surface area (Å²) in [6.45, 7) is 1.60. The van der Waals surface area contributed by atoms with E-state index in [-0.39, 0.29) is 5.75 Å². The molecule has 0 aromatic heterocycles. The number of aliphatic hydroxyl groups is 1. The quantitative estimate of drug-likeness (QED) is 0.480. The maximum atomic E-state index is 9.86. The molecule has 0 heterocycles. The highest BCUT2D eigenvalue weighted by Gasteiger charge is 1.99. The molecule has 0 aliphatic rings. The summed E-state index contributed by atoms with van der Waals surface area (Å²) in [6, 6.07) is 0. The highest BCUT2D eigenvalue weighted by molar-refractivity contribution is 8.77. The minimum absolute atomic E-state index is 0.0373. The van der Waals surface area contributed by atoms with E-state index in [9.17, 15) is 4.79 Å². The van der Waals surface area contributed by atoms with Crippen LogP contribution < -0.4 is 0 Å². The van der Waals surface area contributed by atoms with Crippen LogP contribution in [0.3, 0.4) is 0 Å². The third kappa shape index (κ3) is 8.13. The Kier molecular flexibility index (Phi) is 5.03. The second-order valence-corrected chi connectivity index (χ2v) is 4.03. The van der Waals surface area contributed by atoms with E-state index in [1.807, 2.05) is 0 Å². The normalized spacial score (nSPS) is 13.1. The van der Waals surface area contributed by atoms with E-state index in [1.54, 1.807) is 6.92 Å². The van der Waals surface area contributed by atoms with Gasteiger partial charge in [-0.1, -0.05) is 21.6 Å². The lowest BCUT2D eigenvalue weighted by molar-refractivity contribution is -0.133. The Morgan fingerprint density at radius 3 is 2.67 bits per heavy atom. The van der Waals surface area contributed by atoms with Crippen LogP contribution in [0.5, 0.6) is 0 Å². The number of aliphatic carboxylic acids is 1. The number of hydrogen-bond donors (Lipinski definition) is 2. The summed E-state index contributed by atoms with van der Waals surface area (Å²) >= 11 is 0. The Hall–Kier alpha value is 0.130. The molecule has 1 atom stereocenters. The minimum atomic E-state index is -0.854. The van der Waals surface area contributed by atoms with E-state index >= 15 is 0 Å². The van der Waals surface area contributed by atoms with Crippen molar-refractivity contribution in [2.75, 3.05) is 5.75 Å². The van der Waals surface area contributed by atoms with Gasteiger partial charge in [0.15, 0.2) is 0 Å². The van der Waals surface area contributed by atoms with Gasteiger partial charge in [-0.25, -0.2) is 0 Å². The SMILES string of the molecule is CC(O)SSCC(=O)O. The summed E-state index contributed by atoms with van der Waals surface area (Å²) in [6.07, 6.45) is 0. The van der Waals surface area contributed by atoms with Crippen LogP contribution in [-0.2, 0) is 4.79 Å². The Morgan fingerprint density at radius 1 is 1.78 bits per heavy atom. The molecular weight excluding hydrogens is 160 g/mol. The molecule has 0 bridgehead atoms. The summed E-state index contributed by atoms with van der Waals surface area (Å²) in [4.78, 5) is 9.86. The van der Waals surface area contributed by atoms with Crippen molar-refractivity contribution < 1.29 is 15.0 Å². The van der Waals surface area contributed by atoms with E-state index in [0.29, 0.717) is 0 Å². The summed E-state index contributed by atoms with van der Waals surface area (Å²) in [5, 5.41) is 16.7. The van der Waals surface area contributed by atoms with Crippen LogP contribution in [0, 0.1) is 0 Å². The maximum absolute atomic E-state index is 9.86. The van der Waals surface area contributed by atoms with E-state index in [4.69, 9.17) is 10.2 Å². The van der Waals surface area contributed by atoms with Gasteiger partial charge in [-0.15, -0.1) is 0 Å². The second-order valence-electron chi connectivity index (χ2n) is 1.35. The van der Waals surface area contributed by atoms with Crippen molar-refractivity contribution in [1.29, 1.82) is 0 Å². The third-order valence-electron chi connectivity index (χ3n) is 0.390. The monoisotopic (exact) mass is 168 g/mol. The van der Waals surface area contributed by atoms with Crippen LogP contribution in [0.2, 0.25) is 0 Å². The standard InChI is InChI=1S/C4H8O3S2/c1-3(5)9-8-2-4(6)7/h3,5H,2H2,1H3,(H,6,7). The molecule has 3 nitrogen and oxygen atoms in total. The van der Waals surface area contributed by atoms with E-state index < -0.39 is 11.4 Å². The van der Waals surface area contributed by atoms with Gasteiger partial charge in [0.25, 0.3) is 0 Å². The average Bonchev–Trinajstić information content (AvgIpc) is 1.63. The summed E-state index contributed by atoms with van der Waals surface area (Å²) < 4.78 is 0.